The molecule has 1 aliphatic rings. The number of aryl methyl sites for hydroxylation is 1. The number of hydrogen-bond acceptors (Lipinski definition) is 3. The lowest BCUT2D eigenvalue weighted by molar-refractivity contribution is -0.137. The monoisotopic (exact) mass is 278 g/mol. The summed E-state index contributed by atoms with van der Waals surface area (Å²) in [4.78, 5) is 10.4. The van der Waals surface area contributed by atoms with Crippen molar-refractivity contribution in [1.82, 2.24) is 0 Å². The summed E-state index contributed by atoms with van der Waals surface area (Å²) in [6.07, 6.45) is 3.91. The van der Waals surface area contributed by atoms with E-state index in [1.165, 1.54) is 5.56 Å². The first-order valence-corrected chi connectivity index (χ1v) is 7.25. The number of carbonyl (C=O) groups is 1. The summed E-state index contributed by atoms with van der Waals surface area (Å²) in [5.41, 5.74) is 1.22. The van der Waals surface area contributed by atoms with Gasteiger partial charge < -0.3 is 14.6 Å². The lowest BCUT2D eigenvalue weighted by Gasteiger charge is -2.09. The van der Waals surface area contributed by atoms with Gasteiger partial charge in [0.15, 0.2) is 11.5 Å². The van der Waals surface area contributed by atoms with Crippen LogP contribution in [0.25, 0.3) is 0 Å². The Morgan fingerprint density at radius 2 is 1.95 bits per heavy atom. The standard InChI is InChI=1S/C16H22O4/c1-12-10-19-14-8-7-13(9-15(14)20-11-12)5-3-2-4-6-16(17)18/h7-9,12H,2-6,10-11H2,1H3,(H,17,18). The molecule has 1 aliphatic heterocycles. The summed E-state index contributed by atoms with van der Waals surface area (Å²) in [5, 5.41) is 8.58. The zero-order valence-electron chi connectivity index (χ0n) is 11.9. The molecule has 1 unspecified atom stereocenters. The Balaban J connectivity index is 1.83. The molecule has 1 aromatic rings. The van der Waals surface area contributed by atoms with Crippen LogP contribution in [-0.2, 0) is 11.2 Å². The molecule has 0 saturated carbocycles. The molecule has 0 aromatic heterocycles. The molecule has 0 aliphatic carbocycles. The van der Waals surface area contributed by atoms with Gasteiger partial charge in [0.05, 0.1) is 13.2 Å². The Morgan fingerprint density at radius 3 is 2.70 bits per heavy atom. The fraction of sp³-hybridized carbons (Fsp3) is 0.562. The van der Waals surface area contributed by atoms with E-state index in [1.807, 2.05) is 12.1 Å². The summed E-state index contributed by atoms with van der Waals surface area (Å²) in [6, 6.07) is 6.08. The van der Waals surface area contributed by atoms with Crippen molar-refractivity contribution < 1.29 is 19.4 Å². The third kappa shape index (κ3) is 4.44. The molecule has 20 heavy (non-hydrogen) atoms. The molecule has 2 rings (SSSR count). The summed E-state index contributed by atoms with van der Waals surface area (Å²) in [5.74, 6) is 1.35. The zero-order chi connectivity index (χ0) is 14.4. The smallest absolute Gasteiger partial charge is 0.303 e. The van der Waals surface area contributed by atoms with Crippen molar-refractivity contribution in [2.45, 2.75) is 39.0 Å². The highest BCUT2D eigenvalue weighted by molar-refractivity contribution is 5.66. The van der Waals surface area contributed by atoms with Gasteiger partial charge in [0, 0.05) is 12.3 Å². The van der Waals surface area contributed by atoms with Crippen LogP contribution in [0.5, 0.6) is 11.5 Å². The molecule has 0 spiro atoms. The summed E-state index contributed by atoms with van der Waals surface area (Å²) in [7, 11) is 0. The Bertz CT molecular complexity index is 456. The van der Waals surface area contributed by atoms with E-state index in [-0.39, 0.29) is 6.42 Å². The van der Waals surface area contributed by atoms with Gasteiger partial charge in [0.1, 0.15) is 0 Å². The molecule has 4 heteroatoms. The van der Waals surface area contributed by atoms with Crippen molar-refractivity contribution in [3.8, 4) is 11.5 Å². The van der Waals surface area contributed by atoms with Crippen LogP contribution < -0.4 is 9.47 Å². The minimum atomic E-state index is -0.713. The van der Waals surface area contributed by atoms with Crippen molar-refractivity contribution >= 4 is 5.97 Å². The average Bonchev–Trinajstić information content (AvgIpc) is 2.60. The number of ether oxygens (including phenoxy) is 2. The van der Waals surface area contributed by atoms with Gasteiger partial charge in [-0.1, -0.05) is 19.4 Å². The molecule has 0 radical (unpaired) electrons. The fourth-order valence-electron chi connectivity index (χ4n) is 2.23. The van der Waals surface area contributed by atoms with Crippen LogP contribution in [0.2, 0.25) is 0 Å². The van der Waals surface area contributed by atoms with Gasteiger partial charge in [0.25, 0.3) is 0 Å². The van der Waals surface area contributed by atoms with Crippen molar-refractivity contribution in [3.63, 3.8) is 0 Å². The largest absolute Gasteiger partial charge is 0.489 e. The lowest BCUT2D eigenvalue weighted by atomic mass is 10.1. The third-order valence-corrected chi connectivity index (χ3v) is 3.41. The van der Waals surface area contributed by atoms with E-state index in [4.69, 9.17) is 14.6 Å². The molecule has 1 atom stereocenters. The van der Waals surface area contributed by atoms with Crippen LogP contribution in [-0.4, -0.2) is 24.3 Å². The molecule has 1 heterocycles. The van der Waals surface area contributed by atoms with E-state index in [0.29, 0.717) is 19.1 Å². The first-order chi connectivity index (χ1) is 9.65. The highest BCUT2D eigenvalue weighted by Gasteiger charge is 2.15. The zero-order valence-corrected chi connectivity index (χ0v) is 11.9. The van der Waals surface area contributed by atoms with Crippen molar-refractivity contribution in [2.24, 2.45) is 5.92 Å². The number of fused-ring (bicyclic) bond motifs is 1. The van der Waals surface area contributed by atoms with Crippen LogP contribution in [0.15, 0.2) is 18.2 Å². The molecule has 0 amide bonds. The Labute approximate surface area is 119 Å². The first kappa shape index (κ1) is 14.7. The minimum absolute atomic E-state index is 0.263. The number of hydrogen-bond donors (Lipinski definition) is 1. The van der Waals surface area contributed by atoms with Crippen LogP contribution in [0, 0.1) is 5.92 Å². The highest BCUT2D eigenvalue weighted by atomic mass is 16.5. The van der Waals surface area contributed by atoms with Gasteiger partial charge in [-0.25, -0.2) is 0 Å². The van der Waals surface area contributed by atoms with Crippen molar-refractivity contribution in [3.05, 3.63) is 23.8 Å². The molecule has 0 saturated heterocycles. The maximum absolute atomic E-state index is 10.4. The van der Waals surface area contributed by atoms with Crippen LogP contribution in [0.4, 0.5) is 0 Å². The SMILES string of the molecule is CC1COc2ccc(CCCCCC(=O)O)cc2OC1. The molecular formula is C16H22O4. The number of rotatable bonds is 6. The lowest BCUT2D eigenvalue weighted by Crippen LogP contribution is -2.12. The predicted octanol–water partition coefficient (Wildman–Crippen LogP) is 3.28. The number of aliphatic carboxylic acids is 1. The van der Waals surface area contributed by atoms with E-state index >= 15 is 0 Å². The van der Waals surface area contributed by atoms with E-state index < -0.39 is 5.97 Å². The Morgan fingerprint density at radius 1 is 1.20 bits per heavy atom. The number of carboxylic acid groups (broad SMARTS) is 1. The second-order valence-electron chi connectivity index (χ2n) is 5.46. The molecule has 1 N–H and O–H groups in total. The van der Waals surface area contributed by atoms with Gasteiger partial charge in [-0.2, -0.15) is 0 Å². The summed E-state index contributed by atoms with van der Waals surface area (Å²) < 4.78 is 11.5. The van der Waals surface area contributed by atoms with Crippen LogP contribution in [0.3, 0.4) is 0 Å². The Kier molecular flexibility index (Phi) is 5.27. The number of unbranched alkanes of at least 4 members (excludes halogenated alkanes) is 2. The second-order valence-corrected chi connectivity index (χ2v) is 5.46. The fourth-order valence-corrected chi connectivity index (χ4v) is 2.23. The predicted molar refractivity (Wildman–Crippen MR) is 76.4 cm³/mol. The highest BCUT2D eigenvalue weighted by Crippen LogP contribution is 2.31. The maximum Gasteiger partial charge on any atom is 0.303 e. The number of benzene rings is 1. The number of carboxylic acids is 1. The van der Waals surface area contributed by atoms with E-state index in [2.05, 4.69) is 13.0 Å². The van der Waals surface area contributed by atoms with Gasteiger partial charge >= 0.3 is 5.97 Å². The first-order valence-electron chi connectivity index (χ1n) is 7.25. The molecule has 0 bridgehead atoms. The molecular weight excluding hydrogens is 256 g/mol. The van der Waals surface area contributed by atoms with Gasteiger partial charge in [0.2, 0.25) is 0 Å². The maximum atomic E-state index is 10.4. The minimum Gasteiger partial charge on any atom is -0.489 e. The molecule has 4 nitrogen and oxygen atoms in total. The quantitative estimate of drug-likeness (QED) is 0.811. The second kappa shape index (κ2) is 7.17. The third-order valence-electron chi connectivity index (χ3n) is 3.41. The van der Waals surface area contributed by atoms with E-state index in [0.717, 1.165) is 37.2 Å². The summed E-state index contributed by atoms with van der Waals surface area (Å²) >= 11 is 0. The average molecular weight is 278 g/mol. The van der Waals surface area contributed by atoms with Gasteiger partial charge in [-0.3, -0.25) is 4.79 Å². The van der Waals surface area contributed by atoms with Crippen LogP contribution >= 0.6 is 0 Å². The normalized spacial score (nSPS) is 17.6. The summed E-state index contributed by atoms with van der Waals surface area (Å²) in [6.45, 7) is 3.49. The van der Waals surface area contributed by atoms with Gasteiger partial charge in [-0.05, 0) is 37.0 Å². The van der Waals surface area contributed by atoms with E-state index in [9.17, 15) is 4.79 Å². The Hall–Kier alpha value is -1.71. The molecule has 0 fully saturated rings. The van der Waals surface area contributed by atoms with Crippen molar-refractivity contribution in [1.29, 1.82) is 0 Å². The van der Waals surface area contributed by atoms with E-state index in [1.54, 1.807) is 0 Å². The molecule has 110 valence electrons. The van der Waals surface area contributed by atoms with Gasteiger partial charge in [-0.15, -0.1) is 0 Å². The molecule has 1 aromatic carbocycles. The topological polar surface area (TPSA) is 55.8 Å². The van der Waals surface area contributed by atoms with Crippen molar-refractivity contribution in [2.75, 3.05) is 13.2 Å². The van der Waals surface area contributed by atoms with Crippen LogP contribution in [0.1, 0.15) is 38.2 Å².